The van der Waals surface area contributed by atoms with Crippen LogP contribution in [0.5, 0.6) is 0 Å². The van der Waals surface area contributed by atoms with Gasteiger partial charge in [-0.2, -0.15) is 0 Å². The molecule has 1 heterocycles. The van der Waals surface area contributed by atoms with Gasteiger partial charge in [-0.05, 0) is 31.2 Å². The first-order chi connectivity index (χ1) is 8.13. The number of aromatic nitrogens is 2. The van der Waals surface area contributed by atoms with Crippen molar-refractivity contribution in [2.45, 2.75) is 6.42 Å². The van der Waals surface area contributed by atoms with Crippen LogP contribution in [0.1, 0.15) is 5.56 Å². The monoisotopic (exact) mass is 255 g/mol. The van der Waals surface area contributed by atoms with Crippen LogP contribution in [0, 0.1) is 5.82 Å². The normalized spacial score (nSPS) is 10.8. The summed E-state index contributed by atoms with van der Waals surface area (Å²) in [5.74, 6) is -0.442. The third-order valence-electron chi connectivity index (χ3n) is 2.47. The quantitative estimate of drug-likeness (QED) is 0.780. The van der Waals surface area contributed by atoms with Gasteiger partial charge in [0.2, 0.25) is 0 Å². The summed E-state index contributed by atoms with van der Waals surface area (Å²) in [6.45, 7) is 0.316. The number of H-pyrrole nitrogens is 2. The van der Waals surface area contributed by atoms with E-state index < -0.39 is 5.82 Å². The Morgan fingerprint density at radius 2 is 2.12 bits per heavy atom. The maximum atomic E-state index is 13.7. The number of halogens is 2. The first-order valence-corrected chi connectivity index (χ1v) is 5.46. The van der Waals surface area contributed by atoms with Crippen molar-refractivity contribution >= 4 is 11.6 Å². The van der Waals surface area contributed by atoms with Gasteiger partial charge in [0.1, 0.15) is 5.82 Å². The molecule has 1 aromatic heterocycles. The van der Waals surface area contributed by atoms with Crippen molar-refractivity contribution in [2.75, 3.05) is 6.54 Å². The second kappa shape index (κ2) is 4.73. The highest BCUT2D eigenvalue weighted by molar-refractivity contribution is 6.30. The number of nitrogens with two attached hydrogens (primary N) is 1. The van der Waals surface area contributed by atoms with Gasteiger partial charge >= 0.3 is 0 Å². The van der Waals surface area contributed by atoms with Crippen LogP contribution in [0.3, 0.4) is 0 Å². The highest BCUT2D eigenvalue weighted by Gasteiger charge is 2.14. The second-order valence-electron chi connectivity index (χ2n) is 3.60. The van der Waals surface area contributed by atoms with Crippen LogP contribution < -0.4 is 11.3 Å². The molecule has 4 N–H and O–H groups in total. The van der Waals surface area contributed by atoms with E-state index in [1.54, 1.807) is 0 Å². The minimum atomic E-state index is -0.442. The third-order valence-corrected chi connectivity index (χ3v) is 2.70. The van der Waals surface area contributed by atoms with E-state index in [1.165, 1.54) is 18.2 Å². The highest BCUT2D eigenvalue weighted by atomic mass is 35.5. The molecule has 2 rings (SSSR count). The predicted octanol–water partition coefficient (Wildman–Crippen LogP) is 1.66. The van der Waals surface area contributed by atoms with E-state index in [9.17, 15) is 9.18 Å². The SMILES string of the molecule is NCCc1c(-c2cc(Cl)ccc2F)[nH][nH]c1=O. The zero-order valence-electron chi connectivity index (χ0n) is 8.89. The summed E-state index contributed by atoms with van der Waals surface area (Å²) in [5, 5.41) is 5.48. The van der Waals surface area contributed by atoms with Gasteiger partial charge in [0.15, 0.2) is 0 Å². The van der Waals surface area contributed by atoms with Gasteiger partial charge in [0, 0.05) is 16.1 Å². The van der Waals surface area contributed by atoms with Gasteiger partial charge < -0.3 is 5.73 Å². The van der Waals surface area contributed by atoms with Gasteiger partial charge in [-0.25, -0.2) is 4.39 Å². The van der Waals surface area contributed by atoms with Crippen molar-refractivity contribution in [3.8, 4) is 11.3 Å². The maximum absolute atomic E-state index is 13.7. The summed E-state index contributed by atoms with van der Waals surface area (Å²) in [4.78, 5) is 11.5. The summed E-state index contributed by atoms with van der Waals surface area (Å²) >= 11 is 5.81. The summed E-state index contributed by atoms with van der Waals surface area (Å²) < 4.78 is 13.7. The van der Waals surface area contributed by atoms with Gasteiger partial charge in [-0.1, -0.05) is 11.6 Å². The van der Waals surface area contributed by atoms with Crippen molar-refractivity contribution < 1.29 is 4.39 Å². The first kappa shape index (κ1) is 11.9. The van der Waals surface area contributed by atoms with E-state index in [0.717, 1.165) is 0 Å². The lowest BCUT2D eigenvalue weighted by Crippen LogP contribution is -2.12. The maximum Gasteiger partial charge on any atom is 0.267 e. The van der Waals surface area contributed by atoms with E-state index in [0.29, 0.717) is 29.2 Å². The summed E-state index contributed by atoms with van der Waals surface area (Å²) in [7, 11) is 0. The zero-order chi connectivity index (χ0) is 12.4. The van der Waals surface area contributed by atoms with Crippen LogP contribution in [0.15, 0.2) is 23.0 Å². The molecule has 4 nitrogen and oxygen atoms in total. The largest absolute Gasteiger partial charge is 0.330 e. The van der Waals surface area contributed by atoms with E-state index in [1.807, 2.05) is 0 Å². The van der Waals surface area contributed by atoms with Crippen LogP contribution in [0.2, 0.25) is 5.02 Å². The molecule has 0 aliphatic carbocycles. The Balaban J connectivity index is 2.60. The van der Waals surface area contributed by atoms with Crippen LogP contribution in [-0.4, -0.2) is 16.7 Å². The van der Waals surface area contributed by atoms with Crippen molar-refractivity contribution in [2.24, 2.45) is 5.73 Å². The average molecular weight is 256 g/mol. The lowest BCUT2D eigenvalue weighted by molar-refractivity contribution is 0.630. The van der Waals surface area contributed by atoms with Gasteiger partial charge in [-0.15, -0.1) is 0 Å². The Kier molecular flexibility index (Phi) is 3.31. The fourth-order valence-corrected chi connectivity index (χ4v) is 1.86. The number of rotatable bonds is 3. The number of aromatic amines is 2. The first-order valence-electron chi connectivity index (χ1n) is 5.08. The summed E-state index contributed by atoms with van der Waals surface area (Å²) in [5.41, 5.74) is 6.23. The Labute approximate surface area is 102 Å². The fraction of sp³-hybridized carbons (Fsp3) is 0.182. The number of benzene rings is 1. The van der Waals surface area contributed by atoms with Crippen LogP contribution >= 0.6 is 11.6 Å². The van der Waals surface area contributed by atoms with Crippen molar-refractivity contribution in [1.29, 1.82) is 0 Å². The molecule has 0 radical (unpaired) electrons. The molecule has 2 aromatic rings. The highest BCUT2D eigenvalue weighted by Crippen LogP contribution is 2.25. The Morgan fingerprint density at radius 1 is 1.35 bits per heavy atom. The standard InChI is InChI=1S/C11H11ClFN3O/c12-6-1-2-9(13)8(5-6)10-7(3-4-14)11(17)16-15-10/h1-2,5H,3-4,14H2,(H2,15,16,17). The van der Waals surface area contributed by atoms with Crippen LogP contribution in [0.4, 0.5) is 4.39 Å². The molecule has 0 aliphatic rings. The van der Waals surface area contributed by atoms with Crippen molar-refractivity contribution in [3.05, 3.63) is 45.0 Å². The Morgan fingerprint density at radius 3 is 2.82 bits per heavy atom. The molecule has 90 valence electrons. The summed E-state index contributed by atoms with van der Waals surface area (Å²) in [6, 6.07) is 4.18. The zero-order valence-corrected chi connectivity index (χ0v) is 9.64. The molecule has 17 heavy (non-hydrogen) atoms. The van der Waals surface area contributed by atoms with Crippen LogP contribution in [0.25, 0.3) is 11.3 Å². The van der Waals surface area contributed by atoms with E-state index in [4.69, 9.17) is 17.3 Å². The average Bonchev–Trinajstić information content (AvgIpc) is 2.65. The van der Waals surface area contributed by atoms with E-state index >= 15 is 0 Å². The molecule has 1 aromatic carbocycles. The second-order valence-corrected chi connectivity index (χ2v) is 4.03. The number of hydrogen-bond acceptors (Lipinski definition) is 2. The van der Waals surface area contributed by atoms with E-state index in [2.05, 4.69) is 10.2 Å². The number of hydrogen-bond donors (Lipinski definition) is 3. The molecule has 6 heteroatoms. The van der Waals surface area contributed by atoms with Crippen LogP contribution in [-0.2, 0) is 6.42 Å². The van der Waals surface area contributed by atoms with Gasteiger partial charge in [0.25, 0.3) is 5.56 Å². The lowest BCUT2D eigenvalue weighted by atomic mass is 10.1. The number of nitrogens with one attached hydrogen (secondary N) is 2. The Bertz CT molecular complexity index is 591. The third kappa shape index (κ3) is 2.25. The molecular weight excluding hydrogens is 245 g/mol. The molecule has 0 atom stereocenters. The molecule has 0 bridgehead atoms. The Hall–Kier alpha value is -1.59. The lowest BCUT2D eigenvalue weighted by Gasteiger charge is -2.03. The minimum Gasteiger partial charge on any atom is -0.330 e. The predicted molar refractivity (Wildman–Crippen MR) is 64.6 cm³/mol. The molecule has 0 aliphatic heterocycles. The molecule has 0 spiro atoms. The smallest absolute Gasteiger partial charge is 0.267 e. The molecule has 0 amide bonds. The van der Waals surface area contributed by atoms with Crippen molar-refractivity contribution in [3.63, 3.8) is 0 Å². The fourth-order valence-electron chi connectivity index (χ4n) is 1.69. The van der Waals surface area contributed by atoms with Crippen molar-refractivity contribution in [1.82, 2.24) is 10.2 Å². The minimum absolute atomic E-state index is 0.263. The molecule has 0 saturated heterocycles. The molecule has 0 saturated carbocycles. The summed E-state index contributed by atoms with van der Waals surface area (Å²) in [6.07, 6.45) is 0.375. The van der Waals surface area contributed by atoms with E-state index in [-0.39, 0.29) is 11.1 Å². The molecule has 0 unspecified atom stereocenters. The molecule has 0 fully saturated rings. The van der Waals surface area contributed by atoms with Gasteiger partial charge in [-0.3, -0.25) is 15.0 Å². The van der Waals surface area contributed by atoms with Gasteiger partial charge in [0.05, 0.1) is 5.69 Å². The topological polar surface area (TPSA) is 74.7 Å². The molecular formula is C11H11ClFN3O.